The number of amides is 1. The van der Waals surface area contributed by atoms with Crippen molar-refractivity contribution in [2.75, 3.05) is 36.1 Å². The van der Waals surface area contributed by atoms with E-state index >= 15 is 0 Å². The summed E-state index contributed by atoms with van der Waals surface area (Å²) in [4.78, 5) is 26.6. The highest BCUT2D eigenvalue weighted by Gasteiger charge is 2.36. The van der Waals surface area contributed by atoms with Crippen molar-refractivity contribution in [2.24, 2.45) is 5.84 Å². The number of aromatic nitrogens is 2. The standard InChI is InChI=1S/C26H32N8O/c1-16-8-17(2)10-20(9-16)30-26-29-12-19-13-33(7-3-4-23(19)31-26)21-14-34(15-21)25(35)18-5-6-24(32-28)22(27)11-18/h5-6,8-12,21,32H,3-4,7,13-15,27-28H2,1-2H3,(H,29,30,31). The predicted molar refractivity (Wildman–Crippen MR) is 138 cm³/mol. The Kier molecular flexibility index (Phi) is 6.27. The van der Waals surface area contributed by atoms with E-state index in [2.05, 4.69) is 52.7 Å². The summed E-state index contributed by atoms with van der Waals surface area (Å²) in [6, 6.07) is 11.8. The number of aryl methyl sites for hydroxylation is 3. The third kappa shape index (κ3) is 4.91. The first-order valence-electron chi connectivity index (χ1n) is 12.0. The van der Waals surface area contributed by atoms with Gasteiger partial charge in [-0.3, -0.25) is 15.5 Å². The molecular formula is C26H32N8O. The lowest BCUT2D eigenvalue weighted by Crippen LogP contribution is -2.60. The number of nitrogen functional groups attached to an aromatic ring is 2. The van der Waals surface area contributed by atoms with Crippen LogP contribution in [0.2, 0.25) is 0 Å². The molecule has 6 N–H and O–H groups in total. The van der Waals surface area contributed by atoms with Crippen molar-refractivity contribution >= 4 is 28.9 Å². The highest BCUT2D eigenvalue weighted by Crippen LogP contribution is 2.27. The van der Waals surface area contributed by atoms with E-state index in [1.54, 1.807) is 18.2 Å². The van der Waals surface area contributed by atoms with Crippen molar-refractivity contribution in [2.45, 2.75) is 39.3 Å². The molecule has 35 heavy (non-hydrogen) atoms. The van der Waals surface area contributed by atoms with Crippen molar-refractivity contribution in [3.8, 4) is 0 Å². The lowest BCUT2D eigenvalue weighted by Gasteiger charge is -2.45. The van der Waals surface area contributed by atoms with Crippen LogP contribution in [0.1, 0.15) is 39.2 Å². The molecule has 1 saturated heterocycles. The first-order valence-corrected chi connectivity index (χ1v) is 12.0. The first kappa shape index (κ1) is 23.1. The number of nitrogens with zero attached hydrogens (tertiary/aromatic N) is 4. The predicted octanol–water partition coefficient (Wildman–Crippen LogP) is 2.98. The van der Waals surface area contributed by atoms with Gasteiger partial charge in [-0.2, -0.15) is 0 Å². The van der Waals surface area contributed by atoms with Crippen LogP contribution in [0.25, 0.3) is 0 Å². The quantitative estimate of drug-likeness (QED) is 0.254. The molecule has 5 rings (SSSR count). The van der Waals surface area contributed by atoms with Crippen LogP contribution in [-0.2, 0) is 13.0 Å². The maximum Gasteiger partial charge on any atom is 0.254 e. The van der Waals surface area contributed by atoms with E-state index in [9.17, 15) is 4.79 Å². The van der Waals surface area contributed by atoms with Crippen molar-refractivity contribution in [3.63, 3.8) is 0 Å². The molecule has 0 saturated carbocycles. The molecule has 0 aliphatic carbocycles. The molecule has 1 aromatic heterocycles. The van der Waals surface area contributed by atoms with Crippen LogP contribution in [0.4, 0.5) is 23.0 Å². The van der Waals surface area contributed by atoms with Crippen molar-refractivity contribution in [1.82, 2.24) is 19.8 Å². The number of hydrogen-bond donors (Lipinski definition) is 4. The lowest BCUT2D eigenvalue weighted by atomic mass is 10.0. The highest BCUT2D eigenvalue weighted by atomic mass is 16.2. The van der Waals surface area contributed by atoms with Crippen LogP contribution >= 0.6 is 0 Å². The van der Waals surface area contributed by atoms with Gasteiger partial charge in [0.2, 0.25) is 5.95 Å². The number of hydrazine groups is 1. The molecule has 2 aliphatic rings. The average Bonchev–Trinajstić information content (AvgIpc) is 2.99. The zero-order valence-electron chi connectivity index (χ0n) is 20.2. The zero-order chi connectivity index (χ0) is 24.5. The van der Waals surface area contributed by atoms with Gasteiger partial charge in [-0.1, -0.05) is 6.07 Å². The second-order valence-corrected chi connectivity index (χ2v) is 9.55. The summed E-state index contributed by atoms with van der Waals surface area (Å²) in [6.07, 6.45) is 3.90. The summed E-state index contributed by atoms with van der Waals surface area (Å²) in [6.45, 7) is 7.37. The minimum Gasteiger partial charge on any atom is -0.397 e. The van der Waals surface area contributed by atoms with Gasteiger partial charge >= 0.3 is 0 Å². The van der Waals surface area contributed by atoms with Gasteiger partial charge in [-0.25, -0.2) is 9.97 Å². The Balaban J connectivity index is 1.22. The number of nitrogens with one attached hydrogen (secondary N) is 2. The molecule has 2 aromatic carbocycles. The van der Waals surface area contributed by atoms with Gasteiger partial charge in [0.05, 0.1) is 17.1 Å². The molecule has 0 bridgehead atoms. The highest BCUT2D eigenvalue weighted by molar-refractivity contribution is 5.96. The van der Waals surface area contributed by atoms with E-state index < -0.39 is 0 Å². The van der Waals surface area contributed by atoms with E-state index in [1.807, 2.05) is 11.1 Å². The summed E-state index contributed by atoms with van der Waals surface area (Å²) < 4.78 is 0. The van der Waals surface area contributed by atoms with Crippen LogP contribution in [0.15, 0.2) is 42.6 Å². The molecule has 9 heteroatoms. The Labute approximate surface area is 205 Å². The lowest BCUT2D eigenvalue weighted by molar-refractivity contribution is 0.0241. The molecule has 3 aromatic rings. The summed E-state index contributed by atoms with van der Waals surface area (Å²) in [5, 5.41) is 3.36. The molecule has 9 nitrogen and oxygen atoms in total. The molecule has 2 aliphatic heterocycles. The van der Waals surface area contributed by atoms with Gasteiger partial charge in [0.1, 0.15) is 0 Å². The van der Waals surface area contributed by atoms with E-state index in [-0.39, 0.29) is 5.91 Å². The summed E-state index contributed by atoms with van der Waals surface area (Å²) in [5.41, 5.74) is 15.8. The molecular weight excluding hydrogens is 440 g/mol. The summed E-state index contributed by atoms with van der Waals surface area (Å²) in [7, 11) is 0. The molecule has 0 unspecified atom stereocenters. The molecule has 182 valence electrons. The number of carbonyl (C=O) groups is 1. The Morgan fingerprint density at radius 2 is 1.89 bits per heavy atom. The minimum absolute atomic E-state index is 0.00261. The summed E-state index contributed by atoms with van der Waals surface area (Å²) in [5.74, 6) is 6.07. The minimum atomic E-state index is -0.00261. The fourth-order valence-electron chi connectivity index (χ4n) is 4.95. The van der Waals surface area contributed by atoms with Crippen molar-refractivity contribution in [1.29, 1.82) is 0 Å². The Morgan fingerprint density at radius 3 is 2.60 bits per heavy atom. The maximum absolute atomic E-state index is 12.9. The Hall–Kier alpha value is -3.69. The fourth-order valence-corrected chi connectivity index (χ4v) is 4.95. The van der Waals surface area contributed by atoms with Crippen LogP contribution in [-0.4, -0.2) is 51.4 Å². The van der Waals surface area contributed by atoms with Crippen molar-refractivity contribution in [3.05, 3.63) is 70.5 Å². The smallest absolute Gasteiger partial charge is 0.254 e. The maximum atomic E-state index is 12.9. The van der Waals surface area contributed by atoms with E-state index in [0.717, 1.165) is 42.9 Å². The molecule has 1 fully saturated rings. The van der Waals surface area contributed by atoms with Gasteiger partial charge in [0.25, 0.3) is 5.91 Å². The number of hydrogen-bond acceptors (Lipinski definition) is 8. The SMILES string of the molecule is Cc1cc(C)cc(Nc2ncc3c(n2)CCCN(C2CN(C(=O)c4ccc(NN)c(N)c4)C2)C3)c1. The fraction of sp³-hybridized carbons (Fsp3) is 0.346. The number of likely N-dealkylation sites (tertiary alicyclic amines) is 1. The van der Waals surface area contributed by atoms with E-state index in [0.29, 0.717) is 42.0 Å². The number of rotatable bonds is 5. The number of benzene rings is 2. The number of fused-ring (bicyclic) bond motifs is 1. The first-order chi connectivity index (χ1) is 16.9. The van der Waals surface area contributed by atoms with Gasteiger partial charge < -0.3 is 21.4 Å². The molecule has 3 heterocycles. The monoisotopic (exact) mass is 472 g/mol. The topological polar surface area (TPSA) is 125 Å². The third-order valence-corrected chi connectivity index (χ3v) is 6.78. The second kappa shape index (κ2) is 9.52. The van der Waals surface area contributed by atoms with Gasteiger partial charge in [0, 0.05) is 48.7 Å². The molecule has 1 amide bonds. The average molecular weight is 473 g/mol. The van der Waals surface area contributed by atoms with Crippen molar-refractivity contribution < 1.29 is 4.79 Å². The number of nitrogens with two attached hydrogens (primary N) is 2. The second-order valence-electron chi connectivity index (χ2n) is 9.55. The van der Waals surface area contributed by atoms with Crippen LogP contribution in [0.5, 0.6) is 0 Å². The number of carbonyl (C=O) groups excluding carboxylic acids is 1. The summed E-state index contributed by atoms with van der Waals surface area (Å²) >= 11 is 0. The van der Waals surface area contributed by atoms with Gasteiger partial charge in [0.15, 0.2) is 0 Å². The molecule has 0 atom stereocenters. The van der Waals surface area contributed by atoms with E-state index in [1.165, 1.54) is 11.1 Å². The van der Waals surface area contributed by atoms with Gasteiger partial charge in [-0.05, 0) is 74.7 Å². The van der Waals surface area contributed by atoms with Crippen LogP contribution < -0.4 is 22.3 Å². The molecule has 0 spiro atoms. The largest absolute Gasteiger partial charge is 0.397 e. The normalized spacial score (nSPS) is 16.3. The van der Waals surface area contributed by atoms with Crippen LogP contribution in [0.3, 0.4) is 0 Å². The number of anilines is 4. The third-order valence-electron chi connectivity index (χ3n) is 6.78. The Morgan fingerprint density at radius 1 is 1.11 bits per heavy atom. The Bertz CT molecular complexity index is 1230. The zero-order valence-corrected chi connectivity index (χ0v) is 20.2. The van der Waals surface area contributed by atoms with Crippen LogP contribution in [0, 0.1) is 13.8 Å². The van der Waals surface area contributed by atoms with E-state index in [4.69, 9.17) is 16.6 Å². The molecule has 0 radical (unpaired) electrons. The van der Waals surface area contributed by atoms with Gasteiger partial charge in [-0.15, -0.1) is 0 Å².